The maximum Gasteiger partial charge on any atom is 0.271 e. The van der Waals surface area contributed by atoms with E-state index in [2.05, 4.69) is 5.10 Å². The molecule has 17 heavy (non-hydrogen) atoms. The predicted molar refractivity (Wildman–Crippen MR) is 68.8 cm³/mol. The van der Waals surface area contributed by atoms with Crippen molar-refractivity contribution in [3.05, 3.63) is 52.8 Å². The highest BCUT2D eigenvalue weighted by molar-refractivity contribution is 5.38. The second kappa shape index (κ2) is 4.82. The van der Waals surface area contributed by atoms with Crippen molar-refractivity contribution in [1.29, 1.82) is 0 Å². The first-order valence-electron chi connectivity index (χ1n) is 5.59. The van der Waals surface area contributed by atoms with Gasteiger partial charge in [-0.2, -0.15) is 4.68 Å². The fourth-order valence-corrected chi connectivity index (χ4v) is 1.52. The van der Waals surface area contributed by atoms with E-state index in [0.29, 0.717) is 0 Å². The molecule has 0 radical (unpaired) electrons. The third kappa shape index (κ3) is 2.36. The molecule has 0 aliphatic heterocycles. The molecule has 0 bridgehead atoms. The highest BCUT2D eigenvalue weighted by Gasteiger charge is 2.04. The first kappa shape index (κ1) is 11.4. The maximum atomic E-state index is 11.8. The summed E-state index contributed by atoms with van der Waals surface area (Å²) < 4.78 is 1.42. The van der Waals surface area contributed by atoms with Crippen LogP contribution < -0.4 is 10.5 Å². The molecule has 0 saturated carbocycles. The van der Waals surface area contributed by atoms with E-state index < -0.39 is 0 Å². The number of para-hydroxylation sites is 1. The third-order valence-corrected chi connectivity index (χ3v) is 2.65. The van der Waals surface area contributed by atoms with Gasteiger partial charge in [0.05, 0.1) is 5.69 Å². The molecule has 2 rings (SSSR count). The lowest BCUT2D eigenvalue weighted by molar-refractivity contribution is 0.781. The average molecular weight is 229 g/mol. The van der Waals surface area contributed by atoms with Crippen LogP contribution in [-0.4, -0.2) is 23.4 Å². The molecule has 4 nitrogen and oxygen atoms in total. The first-order chi connectivity index (χ1) is 8.22. The standard InChI is InChI=1S/C13H15N3O/c1-3-15(2)12-9-10-13(17)16(14-12)11-7-5-4-6-8-11/h4-10H,3H2,1-2H3. The van der Waals surface area contributed by atoms with Crippen molar-refractivity contribution in [1.82, 2.24) is 9.78 Å². The van der Waals surface area contributed by atoms with Crippen molar-refractivity contribution in [2.75, 3.05) is 18.5 Å². The Balaban J connectivity index is 2.51. The zero-order chi connectivity index (χ0) is 12.3. The Bertz CT molecular complexity index is 548. The van der Waals surface area contributed by atoms with E-state index in [1.165, 1.54) is 4.68 Å². The van der Waals surface area contributed by atoms with Crippen LogP contribution in [0.25, 0.3) is 5.69 Å². The van der Waals surface area contributed by atoms with Crippen LogP contribution in [0.3, 0.4) is 0 Å². The van der Waals surface area contributed by atoms with Crippen molar-refractivity contribution in [2.45, 2.75) is 6.92 Å². The number of hydrogen-bond acceptors (Lipinski definition) is 3. The van der Waals surface area contributed by atoms with Crippen LogP contribution in [0.4, 0.5) is 5.82 Å². The smallest absolute Gasteiger partial charge is 0.271 e. The van der Waals surface area contributed by atoms with Crippen LogP contribution in [0.5, 0.6) is 0 Å². The first-order valence-corrected chi connectivity index (χ1v) is 5.59. The Labute approximate surface area is 100 Å². The van der Waals surface area contributed by atoms with Gasteiger partial charge in [-0.25, -0.2) is 0 Å². The summed E-state index contributed by atoms with van der Waals surface area (Å²) in [5.41, 5.74) is 0.660. The van der Waals surface area contributed by atoms with Crippen LogP contribution in [0.1, 0.15) is 6.92 Å². The quantitative estimate of drug-likeness (QED) is 0.803. The van der Waals surface area contributed by atoms with Gasteiger partial charge in [-0.15, -0.1) is 5.10 Å². The molecule has 0 N–H and O–H groups in total. The lowest BCUT2D eigenvalue weighted by atomic mass is 10.3. The normalized spacial score (nSPS) is 10.2. The Morgan fingerprint density at radius 1 is 1.18 bits per heavy atom. The summed E-state index contributed by atoms with van der Waals surface area (Å²) in [6.07, 6.45) is 0. The molecule has 1 heterocycles. The lowest BCUT2D eigenvalue weighted by Crippen LogP contribution is -2.25. The minimum absolute atomic E-state index is 0.121. The molecule has 1 aromatic heterocycles. The zero-order valence-corrected chi connectivity index (χ0v) is 10.00. The molecule has 0 spiro atoms. The largest absolute Gasteiger partial charge is 0.359 e. The Hall–Kier alpha value is -2.10. The number of benzene rings is 1. The lowest BCUT2D eigenvalue weighted by Gasteiger charge is -2.16. The molecular weight excluding hydrogens is 214 g/mol. The van der Waals surface area contributed by atoms with Crippen LogP contribution in [0.15, 0.2) is 47.3 Å². The van der Waals surface area contributed by atoms with Crippen LogP contribution in [-0.2, 0) is 0 Å². The van der Waals surface area contributed by atoms with Crippen molar-refractivity contribution in [2.24, 2.45) is 0 Å². The van der Waals surface area contributed by atoms with Gasteiger partial charge in [0.25, 0.3) is 5.56 Å². The summed E-state index contributed by atoms with van der Waals surface area (Å²) in [7, 11) is 1.95. The molecule has 4 heteroatoms. The van der Waals surface area contributed by atoms with Gasteiger partial charge in [0, 0.05) is 19.7 Å². The van der Waals surface area contributed by atoms with Crippen molar-refractivity contribution in [3.63, 3.8) is 0 Å². The van der Waals surface area contributed by atoms with Crippen LogP contribution in [0.2, 0.25) is 0 Å². The monoisotopic (exact) mass is 229 g/mol. The van der Waals surface area contributed by atoms with Crippen LogP contribution >= 0.6 is 0 Å². The number of nitrogens with zero attached hydrogens (tertiary/aromatic N) is 3. The van der Waals surface area contributed by atoms with Gasteiger partial charge in [-0.05, 0) is 25.1 Å². The number of anilines is 1. The number of rotatable bonds is 3. The van der Waals surface area contributed by atoms with E-state index in [4.69, 9.17) is 0 Å². The fourth-order valence-electron chi connectivity index (χ4n) is 1.52. The minimum atomic E-state index is -0.121. The van der Waals surface area contributed by atoms with Crippen molar-refractivity contribution < 1.29 is 0 Å². The maximum absolute atomic E-state index is 11.8. The summed E-state index contributed by atoms with van der Waals surface area (Å²) in [4.78, 5) is 13.7. The van der Waals surface area contributed by atoms with E-state index in [1.54, 1.807) is 12.1 Å². The van der Waals surface area contributed by atoms with E-state index in [-0.39, 0.29) is 5.56 Å². The van der Waals surface area contributed by atoms with Gasteiger partial charge in [0.15, 0.2) is 0 Å². The summed E-state index contributed by atoms with van der Waals surface area (Å²) in [6, 6.07) is 12.7. The molecule has 0 unspecified atom stereocenters. The zero-order valence-electron chi connectivity index (χ0n) is 10.00. The Kier molecular flexibility index (Phi) is 3.23. The average Bonchev–Trinajstić information content (AvgIpc) is 2.39. The summed E-state index contributed by atoms with van der Waals surface area (Å²) in [5, 5.41) is 4.34. The van der Waals surface area contributed by atoms with Crippen LogP contribution in [0, 0.1) is 0 Å². The van der Waals surface area contributed by atoms with Gasteiger partial charge < -0.3 is 4.90 Å². The third-order valence-electron chi connectivity index (χ3n) is 2.65. The van der Waals surface area contributed by atoms with Gasteiger partial charge in [-0.1, -0.05) is 18.2 Å². The second-order valence-electron chi connectivity index (χ2n) is 3.79. The van der Waals surface area contributed by atoms with Gasteiger partial charge in [-0.3, -0.25) is 4.79 Å². The Morgan fingerprint density at radius 2 is 1.88 bits per heavy atom. The molecule has 2 aromatic rings. The SMILES string of the molecule is CCN(C)c1ccc(=O)n(-c2ccccc2)n1. The molecule has 0 aliphatic rings. The summed E-state index contributed by atoms with van der Waals surface area (Å²) in [6.45, 7) is 2.89. The molecule has 0 atom stereocenters. The van der Waals surface area contributed by atoms with Crippen molar-refractivity contribution >= 4 is 5.82 Å². The minimum Gasteiger partial charge on any atom is -0.359 e. The molecule has 0 amide bonds. The number of hydrogen-bond donors (Lipinski definition) is 0. The second-order valence-corrected chi connectivity index (χ2v) is 3.79. The highest BCUT2D eigenvalue weighted by atomic mass is 16.1. The van der Waals surface area contributed by atoms with E-state index in [1.807, 2.05) is 49.2 Å². The molecule has 88 valence electrons. The molecule has 1 aromatic carbocycles. The van der Waals surface area contributed by atoms with Gasteiger partial charge in [0.2, 0.25) is 0 Å². The molecular formula is C13H15N3O. The molecule has 0 aliphatic carbocycles. The number of aromatic nitrogens is 2. The summed E-state index contributed by atoms with van der Waals surface area (Å²) in [5.74, 6) is 0.788. The van der Waals surface area contributed by atoms with Crippen molar-refractivity contribution in [3.8, 4) is 5.69 Å². The van der Waals surface area contributed by atoms with E-state index in [0.717, 1.165) is 18.1 Å². The fraction of sp³-hybridized carbons (Fsp3) is 0.231. The topological polar surface area (TPSA) is 38.1 Å². The predicted octanol–water partition coefficient (Wildman–Crippen LogP) is 1.69. The molecule has 0 saturated heterocycles. The van der Waals surface area contributed by atoms with E-state index >= 15 is 0 Å². The summed E-state index contributed by atoms with van der Waals surface area (Å²) >= 11 is 0. The molecule has 0 fully saturated rings. The van der Waals surface area contributed by atoms with E-state index in [9.17, 15) is 4.79 Å². The Morgan fingerprint density at radius 3 is 2.53 bits per heavy atom. The highest BCUT2D eigenvalue weighted by Crippen LogP contribution is 2.08. The van der Waals surface area contributed by atoms with Gasteiger partial charge >= 0.3 is 0 Å². The van der Waals surface area contributed by atoms with Gasteiger partial charge in [0.1, 0.15) is 5.82 Å².